The zero-order chi connectivity index (χ0) is 19.7. The molecule has 1 aliphatic rings. The zero-order valence-electron chi connectivity index (χ0n) is 14.8. The second-order valence-electron chi connectivity index (χ2n) is 6.57. The van der Waals surface area contributed by atoms with Gasteiger partial charge in [-0.25, -0.2) is 4.98 Å². The molecule has 4 rings (SSSR count). The van der Waals surface area contributed by atoms with Crippen molar-refractivity contribution in [2.45, 2.75) is 12.8 Å². The first kappa shape index (κ1) is 18.7. The summed E-state index contributed by atoms with van der Waals surface area (Å²) in [6.45, 7) is 0.566. The summed E-state index contributed by atoms with van der Waals surface area (Å²) in [7, 11) is 0. The summed E-state index contributed by atoms with van der Waals surface area (Å²) in [4.78, 5) is 18.8. The van der Waals surface area contributed by atoms with Crippen molar-refractivity contribution < 1.29 is 4.79 Å². The molecule has 3 aromatic rings. The molecule has 138 valence electrons. The molecule has 0 aliphatic carbocycles. The molecule has 0 N–H and O–H groups in total. The van der Waals surface area contributed by atoms with Crippen LogP contribution in [-0.4, -0.2) is 17.4 Å². The van der Waals surface area contributed by atoms with Gasteiger partial charge in [-0.1, -0.05) is 29.8 Å². The van der Waals surface area contributed by atoms with Gasteiger partial charge in [0.15, 0.2) is 0 Å². The fourth-order valence-corrected chi connectivity index (χ4v) is 4.10. The lowest BCUT2D eigenvalue weighted by Crippen LogP contribution is -2.31. The Morgan fingerprint density at radius 1 is 1.21 bits per heavy atom. The first-order valence-corrected chi connectivity index (χ1v) is 9.96. The number of halogens is 2. The molecule has 0 spiro atoms. The normalized spacial score (nSPS) is 12.5. The SMILES string of the molecule is N#Cc1cc(-c2ccnc(Br)c2)cc2c1N(C(=O)Cc1ccccc1Cl)CC2. The molecule has 1 aromatic heterocycles. The number of carbonyl (C=O) groups is 1. The van der Waals surface area contributed by atoms with E-state index < -0.39 is 0 Å². The molecule has 0 radical (unpaired) electrons. The van der Waals surface area contributed by atoms with Crippen LogP contribution in [0.15, 0.2) is 59.3 Å². The van der Waals surface area contributed by atoms with Crippen molar-refractivity contribution in [3.63, 3.8) is 0 Å². The summed E-state index contributed by atoms with van der Waals surface area (Å²) in [5.74, 6) is -0.0530. The maximum atomic E-state index is 12.9. The predicted molar refractivity (Wildman–Crippen MR) is 113 cm³/mol. The summed E-state index contributed by atoms with van der Waals surface area (Å²) in [5, 5.41) is 10.3. The molecule has 4 nitrogen and oxygen atoms in total. The van der Waals surface area contributed by atoms with Crippen LogP contribution < -0.4 is 4.90 Å². The third-order valence-corrected chi connectivity index (χ3v) is 5.65. The van der Waals surface area contributed by atoms with E-state index in [-0.39, 0.29) is 12.3 Å². The van der Waals surface area contributed by atoms with E-state index in [4.69, 9.17) is 11.6 Å². The quantitative estimate of drug-likeness (QED) is 0.515. The van der Waals surface area contributed by atoms with Gasteiger partial charge in [0, 0.05) is 17.8 Å². The van der Waals surface area contributed by atoms with E-state index in [1.54, 1.807) is 17.2 Å². The van der Waals surface area contributed by atoms with Crippen molar-refractivity contribution in [2.75, 3.05) is 11.4 Å². The number of fused-ring (bicyclic) bond motifs is 1. The number of pyridine rings is 1. The van der Waals surface area contributed by atoms with Crippen LogP contribution in [0.25, 0.3) is 11.1 Å². The highest BCUT2D eigenvalue weighted by atomic mass is 79.9. The van der Waals surface area contributed by atoms with Crippen molar-refractivity contribution >= 4 is 39.1 Å². The number of amides is 1. The largest absolute Gasteiger partial charge is 0.310 e. The minimum absolute atomic E-state index is 0.0530. The predicted octanol–water partition coefficient (Wildman–Crippen LogP) is 5.17. The molecule has 0 bridgehead atoms. The topological polar surface area (TPSA) is 57.0 Å². The molecule has 0 saturated heterocycles. The highest BCUT2D eigenvalue weighted by Gasteiger charge is 2.28. The van der Waals surface area contributed by atoms with Crippen molar-refractivity contribution in [1.82, 2.24) is 4.98 Å². The highest BCUT2D eigenvalue weighted by molar-refractivity contribution is 9.10. The number of hydrogen-bond acceptors (Lipinski definition) is 3. The molecular formula is C22H15BrClN3O. The maximum absolute atomic E-state index is 12.9. The van der Waals surface area contributed by atoms with E-state index in [0.717, 1.165) is 39.0 Å². The van der Waals surface area contributed by atoms with E-state index in [1.165, 1.54) is 0 Å². The van der Waals surface area contributed by atoms with Crippen molar-refractivity contribution in [3.8, 4) is 17.2 Å². The first-order valence-electron chi connectivity index (χ1n) is 8.79. The fraction of sp³-hybridized carbons (Fsp3) is 0.136. The Kier molecular flexibility index (Phi) is 5.17. The molecule has 0 atom stereocenters. The molecule has 0 saturated carbocycles. The number of anilines is 1. The van der Waals surface area contributed by atoms with Gasteiger partial charge in [0.25, 0.3) is 0 Å². The monoisotopic (exact) mass is 451 g/mol. The first-order chi connectivity index (χ1) is 13.6. The number of nitrogens with zero attached hydrogens (tertiary/aromatic N) is 3. The molecule has 1 amide bonds. The minimum Gasteiger partial charge on any atom is -0.310 e. The van der Waals surface area contributed by atoms with Crippen LogP contribution in [0, 0.1) is 11.3 Å². The molecule has 2 aromatic carbocycles. The van der Waals surface area contributed by atoms with Crippen LogP contribution in [0.3, 0.4) is 0 Å². The van der Waals surface area contributed by atoms with Crippen LogP contribution >= 0.6 is 27.5 Å². The third kappa shape index (κ3) is 3.54. The summed E-state index contributed by atoms with van der Waals surface area (Å²) < 4.78 is 0.737. The molecule has 2 heterocycles. The standard InChI is InChI=1S/C22H15BrClN3O/c23-20-11-14(5-7-26-20)17-9-16-6-8-27(22(16)18(10-17)13-25)21(28)12-15-3-1-2-4-19(15)24/h1-5,7,9-11H,6,8,12H2. The lowest BCUT2D eigenvalue weighted by Gasteiger charge is -2.19. The van der Waals surface area contributed by atoms with Gasteiger partial charge in [-0.2, -0.15) is 5.26 Å². The third-order valence-electron chi connectivity index (χ3n) is 4.84. The highest BCUT2D eigenvalue weighted by Crippen LogP contribution is 2.36. The molecule has 1 aliphatic heterocycles. The summed E-state index contributed by atoms with van der Waals surface area (Å²) >= 11 is 9.59. The van der Waals surface area contributed by atoms with Crippen molar-refractivity contribution in [2.24, 2.45) is 0 Å². The number of hydrogen-bond donors (Lipinski definition) is 0. The van der Waals surface area contributed by atoms with Crippen LogP contribution in [0.4, 0.5) is 5.69 Å². The van der Waals surface area contributed by atoms with Gasteiger partial charge in [0.05, 0.1) is 17.7 Å². The molecule has 0 unspecified atom stereocenters. The number of rotatable bonds is 3. The molecule has 28 heavy (non-hydrogen) atoms. The van der Waals surface area contributed by atoms with Gasteiger partial charge in [-0.15, -0.1) is 0 Å². The van der Waals surface area contributed by atoms with E-state index >= 15 is 0 Å². The summed E-state index contributed by atoms with van der Waals surface area (Å²) in [5.41, 5.74) is 4.94. The van der Waals surface area contributed by atoms with E-state index in [1.807, 2.05) is 36.4 Å². The van der Waals surface area contributed by atoms with Crippen LogP contribution in [0.1, 0.15) is 16.7 Å². The van der Waals surface area contributed by atoms with Gasteiger partial charge in [-0.05, 0) is 74.9 Å². The lowest BCUT2D eigenvalue weighted by atomic mass is 9.98. The van der Waals surface area contributed by atoms with Gasteiger partial charge in [0.2, 0.25) is 5.91 Å². The minimum atomic E-state index is -0.0530. The Morgan fingerprint density at radius 3 is 2.79 bits per heavy atom. The second kappa shape index (κ2) is 7.75. The van der Waals surface area contributed by atoms with Gasteiger partial charge in [0.1, 0.15) is 10.7 Å². The summed E-state index contributed by atoms with van der Waals surface area (Å²) in [6.07, 6.45) is 2.65. The van der Waals surface area contributed by atoms with E-state index in [2.05, 4.69) is 33.0 Å². The Hall–Kier alpha value is -2.68. The summed E-state index contributed by atoms with van der Waals surface area (Å²) in [6, 6.07) is 17.3. The average Bonchev–Trinajstić information content (AvgIpc) is 3.13. The number of benzene rings is 2. The van der Waals surface area contributed by atoms with Crippen molar-refractivity contribution in [3.05, 3.63) is 81.0 Å². The Bertz CT molecular complexity index is 1120. The van der Waals surface area contributed by atoms with Crippen LogP contribution in [0.2, 0.25) is 5.02 Å². The fourth-order valence-electron chi connectivity index (χ4n) is 3.53. The Labute approximate surface area is 176 Å². The molecule has 6 heteroatoms. The molecule has 0 fully saturated rings. The number of nitriles is 1. The van der Waals surface area contributed by atoms with Gasteiger partial charge >= 0.3 is 0 Å². The van der Waals surface area contributed by atoms with Gasteiger partial charge < -0.3 is 4.90 Å². The van der Waals surface area contributed by atoms with Crippen LogP contribution in [0.5, 0.6) is 0 Å². The van der Waals surface area contributed by atoms with Crippen molar-refractivity contribution in [1.29, 1.82) is 5.26 Å². The smallest absolute Gasteiger partial charge is 0.231 e. The van der Waals surface area contributed by atoms with E-state index in [9.17, 15) is 10.1 Å². The Balaban J connectivity index is 1.69. The molecular weight excluding hydrogens is 438 g/mol. The van der Waals surface area contributed by atoms with Gasteiger partial charge in [-0.3, -0.25) is 4.79 Å². The average molecular weight is 453 g/mol. The lowest BCUT2D eigenvalue weighted by molar-refractivity contribution is -0.117. The number of aromatic nitrogens is 1. The van der Waals surface area contributed by atoms with E-state index in [0.29, 0.717) is 17.1 Å². The van der Waals surface area contributed by atoms with Crippen LogP contribution in [-0.2, 0) is 17.6 Å². The Morgan fingerprint density at radius 2 is 2.04 bits per heavy atom. The zero-order valence-corrected chi connectivity index (χ0v) is 17.2. The number of carbonyl (C=O) groups excluding carboxylic acids is 1. The maximum Gasteiger partial charge on any atom is 0.231 e. The second-order valence-corrected chi connectivity index (χ2v) is 7.79.